The number of nitrogens with one attached hydrogen (secondary N) is 2. The van der Waals surface area contributed by atoms with Crippen LogP contribution in [0.3, 0.4) is 0 Å². The van der Waals surface area contributed by atoms with Gasteiger partial charge in [-0.25, -0.2) is 4.39 Å². The second kappa shape index (κ2) is 7.31. The molecule has 2 aromatic rings. The van der Waals surface area contributed by atoms with Crippen molar-refractivity contribution in [2.24, 2.45) is 0 Å². The molecule has 2 amide bonds. The van der Waals surface area contributed by atoms with Gasteiger partial charge in [-0.2, -0.15) is 0 Å². The molecule has 1 aromatic heterocycles. The van der Waals surface area contributed by atoms with Crippen molar-refractivity contribution in [2.45, 2.75) is 20.0 Å². The third-order valence-corrected chi connectivity index (χ3v) is 2.94. The molecule has 5 nitrogen and oxygen atoms in total. The van der Waals surface area contributed by atoms with Crippen LogP contribution >= 0.6 is 0 Å². The Morgan fingerprint density at radius 3 is 2.68 bits per heavy atom. The second-order valence-electron chi connectivity index (χ2n) is 4.76. The SMILES string of the molecule is CC(=O)NCc1cc(C(=O)NCc2cccc(F)c2)ccn1. The Bertz CT molecular complexity index is 689. The first-order chi connectivity index (χ1) is 10.5. The first-order valence-corrected chi connectivity index (χ1v) is 6.76. The summed E-state index contributed by atoms with van der Waals surface area (Å²) < 4.78 is 13.1. The standard InChI is InChI=1S/C16H16FN3O2/c1-11(21)19-10-15-8-13(5-6-18-15)16(22)20-9-12-3-2-4-14(17)7-12/h2-8H,9-10H2,1H3,(H,19,21)(H,20,22). The number of rotatable bonds is 5. The minimum absolute atomic E-state index is 0.164. The van der Waals surface area contributed by atoms with Gasteiger partial charge in [-0.15, -0.1) is 0 Å². The van der Waals surface area contributed by atoms with Crippen molar-refractivity contribution < 1.29 is 14.0 Å². The predicted octanol–water partition coefficient (Wildman–Crippen LogP) is 1.79. The van der Waals surface area contributed by atoms with E-state index >= 15 is 0 Å². The number of nitrogens with zero attached hydrogens (tertiary/aromatic N) is 1. The lowest BCUT2D eigenvalue weighted by atomic mass is 10.2. The van der Waals surface area contributed by atoms with E-state index in [0.717, 1.165) is 0 Å². The molecule has 6 heteroatoms. The first kappa shape index (κ1) is 15.6. The van der Waals surface area contributed by atoms with Crippen molar-refractivity contribution in [1.82, 2.24) is 15.6 Å². The van der Waals surface area contributed by atoms with Crippen molar-refractivity contribution in [2.75, 3.05) is 0 Å². The van der Waals surface area contributed by atoms with Gasteiger partial charge in [0.05, 0.1) is 12.2 Å². The van der Waals surface area contributed by atoms with Crippen LogP contribution in [0.2, 0.25) is 0 Å². The molecule has 0 bridgehead atoms. The molecule has 0 aliphatic heterocycles. The molecule has 114 valence electrons. The maximum absolute atomic E-state index is 13.1. The summed E-state index contributed by atoms with van der Waals surface area (Å²) in [7, 11) is 0. The number of hydrogen-bond acceptors (Lipinski definition) is 3. The van der Waals surface area contributed by atoms with E-state index < -0.39 is 0 Å². The molecule has 0 radical (unpaired) electrons. The second-order valence-corrected chi connectivity index (χ2v) is 4.76. The predicted molar refractivity (Wildman–Crippen MR) is 79.3 cm³/mol. The van der Waals surface area contributed by atoms with Gasteiger partial charge in [0.1, 0.15) is 5.82 Å². The van der Waals surface area contributed by atoms with Crippen molar-refractivity contribution in [3.8, 4) is 0 Å². The number of aromatic nitrogens is 1. The summed E-state index contributed by atoms with van der Waals surface area (Å²) in [6, 6.07) is 9.24. The van der Waals surface area contributed by atoms with Crippen LogP contribution in [0.4, 0.5) is 4.39 Å². The van der Waals surface area contributed by atoms with E-state index in [1.165, 1.54) is 25.3 Å². The Kier molecular flexibility index (Phi) is 5.19. The number of amides is 2. The molecule has 2 N–H and O–H groups in total. The lowest BCUT2D eigenvalue weighted by Crippen LogP contribution is -2.24. The lowest BCUT2D eigenvalue weighted by molar-refractivity contribution is -0.119. The largest absolute Gasteiger partial charge is 0.351 e. The van der Waals surface area contributed by atoms with Crippen LogP contribution in [-0.2, 0) is 17.9 Å². The number of benzene rings is 1. The molecule has 0 fully saturated rings. The Labute approximate surface area is 127 Å². The van der Waals surface area contributed by atoms with Gasteiger partial charge in [-0.1, -0.05) is 12.1 Å². The molecular formula is C16H16FN3O2. The Morgan fingerprint density at radius 2 is 1.95 bits per heavy atom. The molecular weight excluding hydrogens is 285 g/mol. The van der Waals surface area contributed by atoms with Gasteiger partial charge < -0.3 is 10.6 Å². The summed E-state index contributed by atoms with van der Waals surface area (Å²) in [6.45, 7) is 1.91. The third-order valence-electron chi connectivity index (χ3n) is 2.94. The zero-order valence-corrected chi connectivity index (χ0v) is 12.1. The highest BCUT2D eigenvalue weighted by Gasteiger charge is 2.07. The molecule has 0 aliphatic carbocycles. The van der Waals surface area contributed by atoms with Gasteiger partial charge in [0.25, 0.3) is 5.91 Å². The average molecular weight is 301 g/mol. The maximum atomic E-state index is 13.1. The van der Waals surface area contributed by atoms with Gasteiger partial charge in [0.2, 0.25) is 5.91 Å². The molecule has 0 aliphatic rings. The summed E-state index contributed by atoms with van der Waals surface area (Å²) in [5.41, 5.74) is 1.71. The highest BCUT2D eigenvalue weighted by molar-refractivity contribution is 5.94. The lowest BCUT2D eigenvalue weighted by Gasteiger charge is -2.07. The number of carbonyl (C=O) groups excluding carboxylic acids is 2. The van der Waals surface area contributed by atoms with Gasteiger partial charge in [0, 0.05) is 25.2 Å². The molecule has 1 aromatic carbocycles. The van der Waals surface area contributed by atoms with Gasteiger partial charge in [-0.3, -0.25) is 14.6 Å². The van der Waals surface area contributed by atoms with Gasteiger partial charge >= 0.3 is 0 Å². The first-order valence-electron chi connectivity index (χ1n) is 6.76. The zero-order valence-electron chi connectivity index (χ0n) is 12.1. The summed E-state index contributed by atoms with van der Waals surface area (Å²) >= 11 is 0. The summed E-state index contributed by atoms with van der Waals surface area (Å²) in [5, 5.41) is 5.33. The van der Waals surface area contributed by atoms with Gasteiger partial charge in [0.15, 0.2) is 0 Å². The Morgan fingerprint density at radius 1 is 1.14 bits per heavy atom. The van der Waals surface area contributed by atoms with Crippen LogP contribution in [0, 0.1) is 5.82 Å². The van der Waals surface area contributed by atoms with Crippen LogP contribution in [0.25, 0.3) is 0 Å². The molecule has 0 saturated carbocycles. The monoisotopic (exact) mass is 301 g/mol. The minimum Gasteiger partial charge on any atom is -0.351 e. The summed E-state index contributed by atoms with van der Waals surface area (Å²) in [5.74, 6) is -0.785. The fourth-order valence-corrected chi connectivity index (χ4v) is 1.86. The third kappa shape index (κ3) is 4.66. The van der Waals surface area contributed by atoms with Crippen LogP contribution in [0.5, 0.6) is 0 Å². The fourth-order valence-electron chi connectivity index (χ4n) is 1.86. The number of pyridine rings is 1. The van der Waals surface area contributed by atoms with E-state index in [0.29, 0.717) is 16.8 Å². The maximum Gasteiger partial charge on any atom is 0.251 e. The number of carbonyl (C=O) groups is 2. The van der Waals surface area contributed by atoms with Crippen molar-refractivity contribution >= 4 is 11.8 Å². The minimum atomic E-state index is -0.340. The Hall–Kier alpha value is -2.76. The van der Waals surface area contributed by atoms with E-state index in [1.807, 2.05) is 0 Å². The van der Waals surface area contributed by atoms with E-state index in [2.05, 4.69) is 15.6 Å². The van der Waals surface area contributed by atoms with Gasteiger partial charge in [-0.05, 0) is 29.8 Å². The molecule has 0 saturated heterocycles. The summed E-state index contributed by atoms with van der Waals surface area (Å²) in [4.78, 5) is 27.0. The van der Waals surface area contributed by atoms with E-state index in [1.54, 1.807) is 24.3 Å². The van der Waals surface area contributed by atoms with Crippen molar-refractivity contribution in [3.05, 3.63) is 65.2 Å². The smallest absolute Gasteiger partial charge is 0.251 e. The topological polar surface area (TPSA) is 71.1 Å². The van der Waals surface area contributed by atoms with Crippen LogP contribution in [-0.4, -0.2) is 16.8 Å². The van der Waals surface area contributed by atoms with Crippen molar-refractivity contribution in [3.63, 3.8) is 0 Å². The highest BCUT2D eigenvalue weighted by Crippen LogP contribution is 2.05. The molecule has 0 unspecified atom stereocenters. The van der Waals surface area contributed by atoms with Crippen LogP contribution in [0.1, 0.15) is 28.5 Å². The number of hydrogen-bond donors (Lipinski definition) is 2. The number of halogens is 1. The highest BCUT2D eigenvalue weighted by atomic mass is 19.1. The van der Waals surface area contributed by atoms with E-state index in [9.17, 15) is 14.0 Å². The fraction of sp³-hybridized carbons (Fsp3) is 0.188. The molecule has 1 heterocycles. The quantitative estimate of drug-likeness (QED) is 0.884. The van der Waals surface area contributed by atoms with E-state index in [4.69, 9.17) is 0 Å². The molecule has 0 atom stereocenters. The van der Waals surface area contributed by atoms with Crippen LogP contribution < -0.4 is 10.6 Å². The zero-order chi connectivity index (χ0) is 15.9. The van der Waals surface area contributed by atoms with E-state index in [-0.39, 0.29) is 30.7 Å². The average Bonchev–Trinajstić information content (AvgIpc) is 2.51. The Balaban J connectivity index is 1.97. The summed E-state index contributed by atoms with van der Waals surface area (Å²) in [6.07, 6.45) is 1.51. The van der Waals surface area contributed by atoms with Crippen molar-refractivity contribution in [1.29, 1.82) is 0 Å². The normalized spacial score (nSPS) is 10.1. The molecule has 0 spiro atoms. The molecule has 22 heavy (non-hydrogen) atoms. The van der Waals surface area contributed by atoms with Crippen LogP contribution in [0.15, 0.2) is 42.6 Å². The molecule has 2 rings (SSSR count).